The molecule has 0 atom stereocenters. The van der Waals surface area contributed by atoms with E-state index in [0.29, 0.717) is 5.56 Å². The van der Waals surface area contributed by atoms with E-state index in [1.165, 1.54) is 6.07 Å². The monoisotopic (exact) mass is 159 g/mol. The van der Waals surface area contributed by atoms with Gasteiger partial charge in [0.2, 0.25) is 0 Å². The van der Waals surface area contributed by atoms with Gasteiger partial charge in [-0.15, -0.1) is 0 Å². The molecule has 0 saturated heterocycles. The van der Waals surface area contributed by atoms with Gasteiger partial charge in [0.25, 0.3) is 0 Å². The molecule has 11 heavy (non-hydrogen) atoms. The predicted molar refractivity (Wildman–Crippen MR) is 35.3 cm³/mol. The van der Waals surface area contributed by atoms with Crippen LogP contribution < -0.4 is 34.7 Å². The van der Waals surface area contributed by atoms with Crippen molar-refractivity contribution in [3.8, 4) is 5.75 Å². The first-order chi connectivity index (χ1) is 4.84. The average Bonchev–Trinajstić information content (AvgIpc) is 1.94. The molecule has 0 saturated carbocycles. The van der Waals surface area contributed by atoms with Gasteiger partial charge in [0.1, 0.15) is 0 Å². The summed E-state index contributed by atoms with van der Waals surface area (Å²) in [6.07, 6.45) is 1.11. The van der Waals surface area contributed by atoms with Crippen molar-refractivity contribution >= 4 is 6.21 Å². The third kappa shape index (κ3) is 2.93. The first-order valence-corrected chi connectivity index (χ1v) is 2.78. The zero-order chi connectivity index (χ0) is 7.40. The predicted octanol–water partition coefficient (Wildman–Crippen LogP) is -2.43. The number of hydrogen-bond acceptors (Lipinski definition) is 3. The molecule has 0 aliphatic carbocycles. The summed E-state index contributed by atoms with van der Waals surface area (Å²) in [5.74, 6) is -0.139. The molecule has 0 fully saturated rings. The van der Waals surface area contributed by atoms with Crippen LogP contribution in [0.2, 0.25) is 0 Å². The van der Waals surface area contributed by atoms with E-state index in [2.05, 4.69) is 5.16 Å². The molecule has 0 radical (unpaired) electrons. The molecule has 1 N–H and O–H groups in total. The second-order valence-corrected chi connectivity index (χ2v) is 1.78. The maximum atomic E-state index is 10.8. The summed E-state index contributed by atoms with van der Waals surface area (Å²) in [6, 6.07) is 6.34. The molecular formula is C7H6NNaO2. The summed E-state index contributed by atoms with van der Waals surface area (Å²) in [6.45, 7) is 0. The summed E-state index contributed by atoms with van der Waals surface area (Å²) in [7, 11) is 0. The van der Waals surface area contributed by atoms with Gasteiger partial charge in [0, 0.05) is 0 Å². The largest absolute Gasteiger partial charge is 1.00 e. The van der Waals surface area contributed by atoms with Gasteiger partial charge >= 0.3 is 29.6 Å². The molecule has 0 aromatic heterocycles. The first kappa shape index (κ1) is 10.5. The van der Waals surface area contributed by atoms with Gasteiger partial charge in [-0.25, -0.2) is 0 Å². The minimum Gasteiger partial charge on any atom is -0.872 e. The third-order valence-electron chi connectivity index (χ3n) is 1.12. The van der Waals surface area contributed by atoms with Gasteiger partial charge in [-0.2, -0.15) is 0 Å². The van der Waals surface area contributed by atoms with Crippen LogP contribution in [0.1, 0.15) is 5.56 Å². The fraction of sp³-hybridized carbons (Fsp3) is 0. The molecule has 1 aromatic carbocycles. The Labute approximate surface area is 86.6 Å². The van der Waals surface area contributed by atoms with Crippen LogP contribution in [-0.2, 0) is 0 Å². The fourth-order valence-corrected chi connectivity index (χ4v) is 0.649. The van der Waals surface area contributed by atoms with Gasteiger partial charge in [-0.3, -0.25) is 0 Å². The molecule has 0 heterocycles. The topological polar surface area (TPSA) is 55.7 Å². The molecular weight excluding hydrogens is 153 g/mol. The molecule has 0 unspecified atom stereocenters. The number of oxime groups is 1. The summed E-state index contributed by atoms with van der Waals surface area (Å²) in [4.78, 5) is 0. The first-order valence-electron chi connectivity index (χ1n) is 2.78. The second kappa shape index (κ2) is 5.18. The second-order valence-electron chi connectivity index (χ2n) is 1.78. The van der Waals surface area contributed by atoms with Crippen LogP contribution in [0, 0.1) is 0 Å². The van der Waals surface area contributed by atoms with Crippen molar-refractivity contribution in [2.24, 2.45) is 5.16 Å². The van der Waals surface area contributed by atoms with Crippen LogP contribution in [-0.4, -0.2) is 11.4 Å². The molecule has 0 amide bonds. The van der Waals surface area contributed by atoms with Crippen molar-refractivity contribution in [3.63, 3.8) is 0 Å². The van der Waals surface area contributed by atoms with Gasteiger partial charge in [0.15, 0.2) is 0 Å². The number of nitrogens with zero attached hydrogens (tertiary/aromatic N) is 1. The van der Waals surface area contributed by atoms with Crippen molar-refractivity contribution in [2.75, 3.05) is 0 Å². The number of rotatable bonds is 1. The summed E-state index contributed by atoms with van der Waals surface area (Å²) in [5.41, 5.74) is 0.394. The maximum Gasteiger partial charge on any atom is 1.00 e. The van der Waals surface area contributed by atoms with Crippen LogP contribution in [0.4, 0.5) is 0 Å². The van der Waals surface area contributed by atoms with Crippen molar-refractivity contribution in [2.45, 2.75) is 0 Å². The number of benzene rings is 1. The molecule has 52 valence electrons. The Kier molecular flexibility index (Phi) is 4.94. The number of para-hydroxylation sites is 1. The SMILES string of the molecule is [Na+].[O-]c1ccccc1/C=N\O. The zero-order valence-electron chi connectivity index (χ0n) is 6.19. The van der Waals surface area contributed by atoms with E-state index in [1.54, 1.807) is 18.2 Å². The molecule has 0 aliphatic heterocycles. The standard InChI is InChI=1S/C7H7NO2.Na/c9-7-4-2-1-3-6(7)5-8-10;/h1-5,9-10H;/q;+1/p-1/b8-5-;. The van der Waals surface area contributed by atoms with E-state index in [1.807, 2.05) is 0 Å². The van der Waals surface area contributed by atoms with Crippen molar-refractivity contribution in [1.82, 2.24) is 0 Å². The molecule has 0 spiro atoms. The van der Waals surface area contributed by atoms with Crippen LogP contribution in [0.25, 0.3) is 0 Å². The summed E-state index contributed by atoms with van der Waals surface area (Å²) < 4.78 is 0. The van der Waals surface area contributed by atoms with Gasteiger partial charge in [0.05, 0.1) is 6.21 Å². The van der Waals surface area contributed by atoms with Crippen LogP contribution >= 0.6 is 0 Å². The normalized spacial score (nSPS) is 9.45. The van der Waals surface area contributed by atoms with Gasteiger partial charge in [-0.05, 0) is 5.56 Å². The Morgan fingerprint density at radius 1 is 1.36 bits per heavy atom. The van der Waals surface area contributed by atoms with Crippen LogP contribution in [0.5, 0.6) is 5.75 Å². The third-order valence-corrected chi connectivity index (χ3v) is 1.12. The Hall–Kier alpha value is -0.510. The van der Waals surface area contributed by atoms with Crippen molar-refractivity contribution in [3.05, 3.63) is 29.8 Å². The van der Waals surface area contributed by atoms with E-state index in [0.717, 1.165) is 6.21 Å². The molecule has 0 aliphatic rings. The van der Waals surface area contributed by atoms with Crippen LogP contribution in [0.3, 0.4) is 0 Å². The molecule has 4 heteroatoms. The van der Waals surface area contributed by atoms with Gasteiger partial charge < -0.3 is 10.3 Å². The van der Waals surface area contributed by atoms with Crippen molar-refractivity contribution in [1.29, 1.82) is 0 Å². The Morgan fingerprint density at radius 2 is 2.00 bits per heavy atom. The van der Waals surface area contributed by atoms with Crippen LogP contribution in [0.15, 0.2) is 29.4 Å². The average molecular weight is 159 g/mol. The summed E-state index contributed by atoms with van der Waals surface area (Å²) in [5, 5.41) is 21.6. The quantitative estimate of drug-likeness (QED) is 0.214. The van der Waals surface area contributed by atoms with E-state index in [-0.39, 0.29) is 35.3 Å². The van der Waals surface area contributed by atoms with E-state index < -0.39 is 0 Å². The smallest absolute Gasteiger partial charge is 0.872 e. The number of hydrogen-bond donors (Lipinski definition) is 1. The Morgan fingerprint density at radius 3 is 2.55 bits per heavy atom. The van der Waals surface area contributed by atoms with E-state index in [9.17, 15) is 5.11 Å². The van der Waals surface area contributed by atoms with E-state index in [4.69, 9.17) is 5.21 Å². The summed E-state index contributed by atoms with van der Waals surface area (Å²) >= 11 is 0. The Balaban J connectivity index is 0.000001000. The minimum atomic E-state index is -0.139. The van der Waals surface area contributed by atoms with Gasteiger partial charge in [-0.1, -0.05) is 35.2 Å². The zero-order valence-corrected chi connectivity index (χ0v) is 8.19. The Bertz CT molecular complexity index is 250. The van der Waals surface area contributed by atoms with Crippen molar-refractivity contribution < 1.29 is 39.9 Å². The molecule has 1 aromatic rings. The molecule has 3 nitrogen and oxygen atoms in total. The molecule has 0 bridgehead atoms. The maximum absolute atomic E-state index is 10.8. The minimum absolute atomic E-state index is 0. The fourth-order valence-electron chi connectivity index (χ4n) is 0.649. The van der Waals surface area contributed by atoms with E-state index >= 15 is 0 Å². The molecule has 1 rings (SSSR count).